The molecule has 0 atom stereocenters. The molecule has 0 fully saturated rings. The van der Waals surface area contributed by atoms with E-state index in [1.54, 1.807) is 0 Å². The Morgan fingerprint density at radius 1 is 1.54 bits per heavy atom. The van der Waals surface area contributed by atoms with E-state index in [0.29, 0.717) is 25.8 Å². The second kappa shape index (κ2) is 5.93. The van der Waals surface area contributed by atoms with Crippen LogP contribution in [0, 0.1) is 5.41 Å². The van der Waals surface area contributed by atoms with Gasteiger partial charge in [-0.05, 0) is 12.8 Å². The van der Waals surface area contributed by atoms with E-state index in [-0.39, 0.29) is 11.6 Å². The van der Waals surface area contributed by atoms with Gasteiger partial charge in [-0.25, -0.2) is 13.1 Å². The number of nitrogens with one attached hydrogen (secondary N) is 2. The van der Waals surface area contributed by atoms with Crippen molar-refractivity contribution >= 4 is 15.9 Å². The van der Waals surface area contributed by atoms with Gasteiger partial charge in [-0.15, -0.1) is 0 Å². The predicted molar refractivity (Wildman–Crippen MR) is 53.2 cm³/mol. The minimum absolute atomic E-state index is 0.0923. The molecule has 0 aliphatic heterocycles. The second-order valence-corrected chi connectivity index (χ2v) is 4.77. The molecule has 0 spiro atoms. The van der Waals surface area contributed by atoms with Crippen LogP contribution in [0.5, 0.6) is 0 Å². The van der Waals surface area contributed by atoms with E-state index >= 15 is 0 Å². The van der Waals surface area contributed by atoms with Gasteiger partial charge in [0.1, 0.15) is 0 Å². The maximum Gasteiger partial charge on any atom is 0.211 e. The summed E-state index contributed by atoms with van der Waals surface area (Å²) in [5.74, 6) is 0.252. The van der Waals surface area contributed by atoms with Crippen LogP contribution in [0.4, 0.5) is 0 Å². The van der Waals surface area contributed by atoms with Gasteiger partial charge in [0.15, 0.2) is 0 Å². The molecule has 0 rings (SSSR count). The second-order valence-electron chi connectivity index (χ2n) is 2.84. The lowest BCUT2D eigenvalue weighted by molar-refractivity contribution is 0.578. The Morgan fingerprint density at radius 3 is 2.62 bits per heavy atom. The lowest BCUT2D eigenvalue weighted by Crippen LogP contribution is -2.27. The Bertz CT molecular complexity index is 248. The van der Waals surface area contributed by atoms with E-state index in [2.05, 4.69) is 4.72 Å². The summed E-state index contributed by atoms with van der Waals surface area (Å²) < 4.78 is 24.6. The van der Waals surface area contributed by atoms with Gasteiger partial charge in [-0.3, -0.25) is 5.41 Å². The molecule has 5 nitrogen and oxygen atoms in total. The molecule has 78 valence electrons. The van der Waals surface area contributed by atoms with Crippen LogP contribution in [0.3, 0.4) is 0 Å². The quantitative estimate of drug-likeness (QED) is 0.312. The monoisotopic (exact) mass is 207 g/mol. The third kappa shape index (κ3) is 7.73. The van der Waals surface area contributed by atoms with Crippen LogP contribution < -0.4 is 10.5 Å². The van der Waals surface area contributed by atoms with E-state index in [1.807, 2.05) is 6.92 Å². The fourth-order valence-electron chi connectivity index (χ4n) is 0.847. The minimum atomic E-state index is -3.09. The average Bonchev–Trinajstić information content (AvgIpc) is 1.98. The van der Waals surface area contributed by atoms with E-state index < -0.39 is 10.0 Å². The SMILES string of the molecule is CCCS(=O)(=O)NCCCC(=N)N. The first-order valence-corrected chi connectivity index (χ1v) is 5.93. The summed E-state index contributed by atoms with van der Waals surface area (Å²) in [7, 11) is -3.09. The molecule has 0 radical (unpaired) electrons. The van der Waals surface area contributed by atoms with Gasteiger partial charge in [-0.1, -0.05) is 6.92 Å². The molecule has 13 heavy (non-hydrogen) atoms. The van der Waals surface area contributed by atoms with Crippen molar-refractivity contribution in [2.24, 2.45) is 5.73 Å². The third-order valence-corrected chi connectivity index (χ3v) is 3.01. The Hall–Kier alpha value is -0.620. The first-order chi connectivity index (χ1) is 5.98. The smallest absolute Gasteiger partial charge is 0.211 e. The standard InChI is InChI=1S/C7H17N3O2S/c1-2-6-13(11,12)10-5-3-4-7(8)9/h10H,2-6H2,1H3,(H3,8,9). The lowest BCUT2D eigenvalue weighted by atomic mass is 10.3. The highest BCUT2D eigenvalue weighted by atomic mass is 32.2. The molecule has 0 aliphatic rings. The van der Waals surface area contributed by atoms with E-state index in [4.69, 9.17) is 11.1 Å². The topological polar surface area (TPSA) is 96.0 Å². The van der Waals surface area contributed by atoms with E-state index in [1.165, 1.54) is 0 Å². The molecule has 0 aliphatic carbocycles. The summed E-state index contributed by atoms with van der Waals surface area (Å²) in [5.41, 5.74) is 5.11. The number of hydrogen-bond acceptors (Lipinski definition) is 3. The van der Waals surface area contributed by atoms with Gasteiger partial charge in [0, 0.05) is 13.0 Å². The summed E-state index contributed by atoms with van der Waals surface area (Å²) >= 11 is 0. The van der Waals surface area contributed by atoms with Gasteiger partial charge in [0.05, 0.1) is 11.6 Å². The van der Waals surface area contributed by atoms with Crippen molar-refractivity contribution in [1.29, 1.82) is 5.41 Å². The highest BCUT2D eigenvalue weighted by molar-refractivity contribution is 7.89. The summed E-state index contributed by atoms with van der Waals surface area (Å²) in [6, 6.07) is 0. The molecule has 4 N–H and O–H groups in total. The molecule has 0 aromatic heterocycles. The van der Waals surface area contributed by atoms with Crippen LogP contribution in [0.15, 0.2) is 0 Å². The van der Waals surface area contributed by atoms with Crippen LogP contribution >= 0.6 is 0 Å². The van der Waals surface area contributed by atoms with Crippen molar-refractivity contribution < 1.29 is 8.42 Å². The number of nitrogens with two attached hydrogens (primary N) is 1. The van der Waals surface area contributed by atoms with Gasteiger partial charge in [-0.2, -0.15) is 0 Å². The number of hydrogen-bond donors (Lipinski definition) is 3. The normalized spacial score (nSPS) is 11.5. The van der Waals surface area contributed by atoms with Crippen LogP contribution in [-0.4, -0.2) is 26.6 Å². The lowest BCUT2D eigenvalue weighted by Gasteiger charge is -2.04. The van der Waals surface area contributed by atoms with Crippen molar-refractivity contribution in [3.8, 4) is 0 Å². The zero-order valence-electron chi connectivity index (χ0n) is 7.84. The van der Waals surface area contributed by atoms with Crippen LogP contribution in [0.1, 0.15) is 26.2 Å². The third-order valence-electron chi connectivity index (χ3n) is 1.42. The maximum absolute atomic E-state index is 11.1. The van der Waals surface area contributed by atoms with Crippen LogP contribution in [0.2, 0.25) is 0 Å². The molecule has 6 heteroatoms. The highest BCUT2D eigenvalue weighted by Gasteiger charge is 2.06. The molecule has 0 bridgehead atoms. The Balaban J connectivity index is 3.58. The Morgan fingerprint density at radius 2 is 2.15 bits per heavy atom. The molecular formula is C7H17N3O2S. The van der Waals surface area contributed by atoms with Crippen molar-refractivity contribution in [1.82, 2.24) is 4.72 Å². The fraction of sp³-hybridized carbons (Fsp3) is 0.857. The van der Waals surface area contributed by atoms with E-state index in [9.17, 15) is 8.42 Å². The van der Waals surface area contributed by atoms with Crippen molar-refractivity contribution in [3.05, 3.63) is 0 Å². The van der Waals surface area contributed by atoms with Crippen LogP contribution in [0.25, 0.3) is 0 Å². The number of rotatable bonds is 7. The first kappa shape index (κ1) is 12.4. The van der Waals surface area contributed by atoms with Crippen LogP contribution in [-0.2, 0) is 10.0 Å². The van der Waals surface area contributed by atoms with Crippen molar-refractivity contribution in [2.45, 2.75) is 26.2 Å². The minimum Gasteiger partial charge on any atom is -0.388 e. The zero-order chi connectivity index (χ0) is 10.3. The Labute approximate surface area is 79.3 Å². The maximum atomic E-state index is 11.1. The first-order valence-electron chi connectivity index (χ1n) is 4.28. The summed E-state index contributed by atoms with van der Waals surface area (Å²) in [5, 5.41) is 6.91. The van der Waals surface area contributed by atoms with Gasteiger partial charge in [0.2, 0.25) is 10.0 Å². The van der Waals surface area contributed by atoms with Crippen molar-refractivity contribution in [3.63, 3.8) is 0 Å². The van der Waals surface area contributed by atoms with Gasteiger partial charge < -0.3 is 5.73 Å². The molecular weight excluding hydrogens is 190 g/mol. The molecule has 0 aromatic rings. The predicted octanol–water partition coefficient (Wildman–Crippen LogP) is 0.0320. The summed E-state index contributed by atoms with van der Waals surface area (Å²) in [4.78, 5) is 0. The zero-order valence-corrected chi connectivity index (χ0v) is 8.65. The van der Waals surface area contributed by atoms with Gasteiger partial charge >= 0.3 is 0 Å². The Kier molecular flexibility index (Phi) is 5.65. The molecule has 0 saturated carbocycles. The molecule has 0 unspecified atom stereocenters. The number of sulfonamides is 1. The molecule has 0 amide bonds. The summed E-state index contributed by atoms with van der Waals surface area (Å²) in [6.07, 6.45) is 1.63. The largest absolute Gasteiger partial charge is 0.388 e. The van der Waals surface area contributed by atoms with Crippen molar-refractivity contribution in [2.75, 3.05) is 12.3 Å². The van der Waals surface area contributed by atoms with E-state index in [0.717, 1.165) is 0 Å². The highest BCUT2D eigenvalue weighted by Crippen LogP contribution is 1.90. The molecule has 0 saturated heterocycles. The summed E-state index contributed by atoms with van der Waals surface area (Å²) in [6.45, 7) is 2.18. The number of amidine groups is 1. The molecule has 0 heterocycles. The van der Waals surface area contributed by atoms with Gasteiger partial charge in [0.25, 0.3) is 0 Å². The average molecular weight is 207 g/mol. The molecule has 0 aromatic carbocycles. The fourth-order valence-corrected chi connectivity index (χ4v) is 1.98.